The Morgan fingerprint density at radius 1 is 0.921 bits per heavy atom. The lowest BCUT2D eigenvalue weighted by atomic mass is 10.0. The van der Waals surface area contributed by atoms with E-state index in [1.54, 1.807) is 54.6 Å². The average Bonchev–Trinajstić information content (AvgIpc) is 3.20. The second-order valence-electron chi connectivity index (χ2n) is 8.22. The summed E-state index contributed by atoms with van der Waals surface area (Å²) in [6.45, 7) is 0. The number of carbonyl (C=O) groups is 4. The lowest BCUT2D eigenvalue weighted by Gasteiger charge is -2.25. The number of hydrogen-bond acceptors (Lipinski definition) is 8. The van der Waals surface area contributed by atoms with Crippen LogP contribution < -0.4 is 9.47 Å². The van der Waals surface area contributed by atoms with Crippen molar-refractivity contribution >= 4 is 29.8 Å². The summed E-state index contributed by atoms with van der Waals surface area (Å²) in [5, 5.41) is 9.20. The molecule has 190 valence electrons. The van der Waals surface area contributed by atoms with Crippen molar-refractivity contribution in [2.75, 3.05) is 14.2 Å². The Labute approximate surface area is 218 Å². The van der Waals surface area contributed by atoms with Crippen LogP contribution in [0.1, 0.15) is 31.8 Å². The quantitative estimate of drug-likeness (QED) is 0.148. The summed E-state index contributed by atoms with van der Waals surface area (Å²) in [6, 6.07) is 20.3. The van der Waals surface area contributed by atoms with Crippen molar-refractivity contribution in [2.45, 2.75) is 12.5 Å². The minimum Gasteiger partial charge on any atom is -0.493 e. The molecule has 0 bridgehead atoms. The van der Waals surface area contributed by atoms with Gasteiger partial charge in [0.05, 0.1) is 25.3 Å². The van der Waals surface area contributed by atoms with E-state index in [9.17, 15) is 24.4 Å². The van der Waals surface area contributed by atoms with E-state index in [-0.39, 0.29) is 34.6 Å². The second-order valence-corrected chi connectivity index (χ2v) is 8.22. The van der Waals surface area contributed by atoms with Crippen LogP contribution in [0.15, 0.2) is 78.4 Å². The Kier molecular flexibility index (Phi) is 7.63. The first-order valence-electron chi connectivity index (χ1n) is 11.5. The Balaban J connectivity index is 1.66. The van der Waals surface area contributed by atoms with Crippen molar-refractivity contribution in [1.29, 1.82) is 5.26 Å². The number of hydrogen-bond donors (Lipinski definition) is 0. The summed E-state index contributed by atoms with van der Waals surface area (Å²) >= 11 is 0. The SMILES string of the molecule is COC(=O)/C(C#N)=C/c1ccc(OC(=O)[C@@H](Cc2ccccc2)N2C(=O)c3ccccc3C2=O)c(OC)c1. The molecule has 1 atom stereocenters. The summed E-state index contributed by atoms with van der Waals surface area (Å²) in [7, 11) is 2.52. The molecule has 3 aromatic rings. The predicted octanol–water partition coefficient (Wildman–Crippen LogP) is 3.59. The van der Waals surface area contributed by atoms with Gasteiger partial charge in [0.15, 0.2) is 11.5 Å². The number of imide groups is 1. The minimum absolute atomic E-state index is 0.0286. The molecule has 4 rings (SSSR count). The smallest absolute Gasteiger partial charge is 0.348 e. The van der Waals surface area contributed by atoms with Crippen LogP contribution in [0.4, 0.5) is 0 Å². The third-order valence-corrected chi connectivity index (χ3v) is 5.92. The first-order chi connectivity index (χ1) is 18.4. The number of nitrogens with zero attached hydrogens (tertiary/aromatic N) is 2. The largest absolute Gasteiger partial charge is 0.493 e. The molecule has 0 N–H and O–H groups in total. The summed E-state index contributed by atoms with van der Waals surface area (Å²) in [6.07, 6.45) is 1.34. The summed E-state index contributed by atoms with van der Waals surface area (Å²) in [5.74, 6) is -2.63. The number of esters is 2. The highest BCUT2D eigenvalue weighted by Crippen LogP contribution is 2.31. The van der Waals surface area contributed by atoms with E-state index < -0.39 is 29.8 Å². The normalized spacial score (nSPS) is 13.4. The van der Waals surface area contributed by atoms with Crippen LogP contribution >= 0.6 is 0 Å². The number of benzene rings is 3. The zero-order chi connectivity index (χ0) is 27.2. The Morgan fingerprint density at radius 2 is 1.55 bits per heavy atom. The fourth-order valence-corrected chi connectivity index (χ4v) is 4.06. The second kappa shape index (κ2) is 11.2. The van der Waals surface area contributed by atoms with Gasteiger partial charge in [-0.15, -0.1) is 0 Å². The molecule has 1 aliphatic heterocycles. The molecule has 3 aromatic carbocycles. The molecule has 9 nitrogen and oxygen atoms in total. The fourth-order valence-electron chi connectivity index (χ4n) is 4.06. The molecule has 0 fully saturated rings. The molecule has 2 amide bonds. The zero-order valence-electron chi connectivity index (χ0n) is 20.5. The number of fused-ring (bicyclic) bond motifs is 1. The van der Waals surface area contributed by atoms with Crippen molar-refractivity contribution in [3.05, 3.63) is 101 Å². The van der Waals surface area contributed by atoms with E-state index in [1.807, 2.05) is 6.07 Å². The van der Waals surface area contributed by atoms with E-state index in [1.165, 1.54) is 31.4 Å². The van der Waals surface area contributed by atoms with Crippen LogP contribution in [0, 0.1) is 11.3 Å². The maximum atomic E-state index is 13.5. The Hall–Kier alpha value is -5.23. The van der Waals surface area contributed by atoms with Crippen LogP contribution in [-0.2, 0) is 20.7 Å². The first-order valence-corrected chi connectivity index (χ1v) is 11.5. The molecular formula is C29H22N2O7. The highest BCUT2D eigenvalue weighted by Gasteiger charge is 2.43. The Bertz CT molecular complexity index is 1450. The Morgan fingerprint density at radius 3 is 2.13 bits per heavy atom. The van der Waals surface area contributed by atoms with Crippen LogP contribution in [0.25, 0.3) is 6.08 Å². The number of carbonyl (C=O) groups excluding carboxylic acids is 4. The zero-order valence-corrected chi connectivity index (χ0v) is 20.5. The molecular weight excluding hydrogens is 488 g/mol. The van der Waals surface area contributed by atoms with Crippen LogP contribution in [-0.4, -0.2) is 48.9 Å². The van der Waals surface area contributed by atoms with Gasteiger partial charge in [-0.05, 0) is 41.5 Å². The van der Waals surface area contributed by atoms with Gasteiger partial charge >= 0.3 is 11.9 Å². The molecule has 9 heteroatoms. The molecule has 0 aliphatic carbocycles. The van der Waals surface area contributed by atoms with Gasteiger partial charge in [0.1, 0.15) is 17.7 Å². The van der Waals surface area contributed by atoms with Gasteiger partial charge in [-0.25, -0.2) is 9.59 Å². The molecule has 0 saturated carbocycles. The van der Waals surface area contributed by atoms with Crippen molar-refractivity contribution < 1.29 is 33.4 Å². The molecule has 38 heavy (non-hydrogen) atoms. The third-order valence-electron chi connectivity index (χ3n) is 5.92. The van der Waals surface area contributed by atoms with Gasteiger partial charge < -0.3 is 14.2 Å². The van der Waals surface area contributed by atoms with Gasteiger partial charge in [-0.1, -0.05) is 48.5 Å². The highest BCUT2D eigenvalue weighted by molar-refractivity contribution is 6.22. The average molecular weight is 511 g/mol. The van der Waals surface area contributed by atoms with Gasteiger partial charge in [0.25, 0.3) is 11.8 Å². The number of ether oxygens (including phenoxy) is 3. The summed E-state index contributed by atoms with van der Waals surface area (Å²) in [4.78, 5) is 52.5. The van der Waals surface area contributed by atoms with Gasteiger partial charge in [0.2, 0.25) is 0 Å². The van der Waals surface area contributed by atoms with Gasteiger partial charge in [0, 0.05) is 6.42 Å². The van der Waals surface area contributed by atoms with Crippen molar-refractivity contribution in [3.63, 3.8) is 0 Å². The van der Waals surface area contributed by atoms with Gasteiger partial charge in [-0.2, -0.15) is 5.26 Å². The summed E-state index contributed by atoms with van der Waals surface area (Å²) < 4.78 is 15.6. The van der Waals surface area contributed by atoms with E-state index in [2.05, 4.69) is 4.74 Å². The first kappa shape index (κ1) is 25.9. The number of methoxy groups -OCH3 is 2. The topological polar surface area (TPSA) is 123 Å². The lowest BCUT2D eigenvalue weighted by Crippen LogP contribution is -2.48. The van der Waals surface area contributed by atoms with E-state index in [0.717, 1.165) is 17.6 Å². The van der Waals surface area contributed by atoms with E-state index in [4.69, 9.17) is 9.47 Å². The monoisotopic (exact) mass is 510 g/mol. The van der Waals surface area contributed by atoms with Crippen LogP contribution in [0.3, 0.4) is 0 Å². The molecule has 1 aliphatic rings. The fraction of sp³-hybridized carbons (Fsp3) is 0.138. The molecule has 0 radical (unpaired) electrons. The van der Waals surface area contributed by atoms with Crippen molar-refractivity contribution in [1.82, 2.24) is 4.90 Å². The standard InChI is InChI=1S/C29H22N2O7/c1-36-25-16-19(14-20(17-30)28(34)37-2)12-13-24(25)38-29(35)23(15-18-8-4-3-5-9-18)31-26(32)21-10-6-7-11-22(21)27(31)33/h3-14,16,23H,15H2,1-2H3/b20-14+/t23-/m1/s1. The predicted molar refractivity (Wildman–Crippen MR) is 135 cm³/mol. The highest BCUT2D eigenvalue weighted by atomic mass is 16.6. The number of rotatable bonds is 8. The number of amides is 2. The third kappa shape index (κ3) is 5.15. The lowest BCUT2D eigenvalue weighted by molar-refractivity contribution is -0.139. The molecule has 1 heterocycles. The maximum absolute atomic E-state index is 13.5. The minimum atomic E-state index is -1.25. The molecule has 0 spiro atoms. The van der Waals surface area contributed by atoms with Crippen LogP contribution in [0.5, 0.6) is 11.5 Å². The molecule has 0 aromatic heterocycles. The van der Waals surface area contributed by atoms with Gasteiger partial charge in [-0.3, -0.25) is 14.5 Å². The molecule has 0 unspecified atom stereocenters. The maximum Gasteiger partial charge on any atom is 0.348 e. The van der Waals surface area contributed by atoms with Crippen molar-refractivity contribution in [3.8, 4) is 17.6 Å². The van der Waals surface area contributed by atoms with Crippen molar-refractivity contribution in [2.24, 2.45) is 0 Å². The van der Waals surface area contributed by atoms with Crippen LogP contribution in [0.2, 0.25) is 0 Å². The van der Waals surface area contributed by atoms with E-state index >= 15 is 0 Å². The number of nitriles is 1. The summed E-state index contributed by atoms with van der Waals surface area (Å²) in [5.41, 5.74) is 1.36. The molecule has 0 saturated heterocycles. The van der Waals surface area contributed by atoms with E-state index in [0.29, 0.717) is 5.56 Å².